The number of hydrogen-bond acceptors (Lipinski definition) is 3. The van der Waals surface area contributed by atoms with Crippen LogP contribution in [0, 0.1) is 0 Å². The smallest absolute Gasteiger partial charge is 0.0351 e. The molecule has 1 unspecified atom stereocenters. The molecule has 0 aromatic carbocycles. The normalized spacial score (nSPS) is 12.5. The second-order valence-corrected chi connectivity index (χ2v) is 6.03. The van der Waals surface area contributed by atoms with E-state index in [4.69, 9.17) is 0 Å². The van der Waals surface area contributed by atoms with Crippen molar-refractivity contribution in [1.82, 2.24) is 5.32 Å². The molecule has 3 heteroatoms. The van der Waals surface area contributed by atoms with Crippen LogP contribution in [0.4, 0.5) is 0 Å². The van der Waals surface area contributed by atoms with E-state index in [1.54, 1.807) is 11.3 Å². The van der Waals surface area contributed by atoms with E-state index in [1.807, 2.05) is 17.4 Å². The summed E-state index contributed by atoms with van der Waals surface area (Å²) in [5, 5.41) is 7.86. The summed E-state index contributed by atoms with van der Waals surface area (Å²) >= 11 is 3.62. The summed E-state index contributed by atoms with van der Waals surface area (Å²) in [7, 11) is 0. The van der Waals surface area contributed by atoms with E-state index < -0.39 is 0 Å². The van der Waals surface area contributed by atoms with E-state index in [-0.39, 0.29) is 0 Å². The van der Waals surface area contributed by atoms with Crippen molar-refractivity contribution in [3.8, 4) is 10.4 Å². The molecule has 2 aromatic rings. The third-order valence-corrected chi connectivity index (χ3v) is 4.46. The van der Waals surface area contributed by atoms with Crippen molar-refractivity contribution in [3.63, 3.8) is 0 Å². The lowest BCUT2D eigenvalue weighted by molar-refractivity contribution is 0.557. The summed E-state index contributed by atoms with van der Waals surface area (Å²) in [5.41, 5.74) is 1.35. The maximum Gasteiger partial charge on any atom is 0.0351 e. The molecule has 2 heterocycles. The summed E-state index contributed by atoms with van der Waals surface area (Å²) < 4.78 is 0. The molecule has 1 atom stereocenters. The molecular formula is C14H17NS2. The van der Waals surface area contributed by atoms with Gasteiger partial charge in [0.15, 0.2) is 0 Å². The van der Waals surface area contributed by atoms with Crippen LogP contribution in [0.25, 0.3) is 10.4 Å². The fourth-order valence-corrected chi connectivity index (χ4v) is 3.28. The van der Waals surface area contributed by atoms with Crippen LogP contribution >= 0.6 is 22.7 Å². The predicted octanol–water partition coefficient (Wildman–Crippen LogP) is 4.53. The van der Waals surface area contributed by atoms with Crippen LogP contribution in [0.15, 0.2) is 41.6 Å². The van der Waals surface area contributed by atoms with Gasteiger partial charge in [0.25, 0.3) is 0 Å². The Labute approximate surface area is 111 Å². The Bertz CT molecular complexity index is 456. The Balaban J connectivity index is 1.93. The largest absolute Gasteiger partial charge is 0.309 e. The molecule has 0 aliphatic carbocycles. The van der Waals surface area contributed by atoms with Crippen LogP contribution in [0.3, 0.4) is 0 Å². The highest BCUT2D eigenvalue weighted by atomic mass is 32.1. The van der Waals surface area contributed by atoms with E-state index in [0.717, 1.165) is 13.0 Å². The monoisotopic (exact) mass is 263 g/mol. The molecule has 2 rings (SSSR count). The lowest BCUT2D eigenvalue weighted by atomic mass is 10.2. The van der Waals surface area contributed by atoms with Gasteiger partial charge in [-0.3, -0.25) is 0 Å². The molecule has 0 saturated carbocycles. The molecule has 0 aliphatic heterocycles. The number of thiophene rings is 2. The van der Waals surface area contributed by atoms with Gasteiger partial charge in [-0.15, -0.1) is 29.3 Å². The van der Waals surface area contributed by atoms with Crippen molar-refractivity contribution in [2.45, 2.75) is 25.9 Å². The summed E-state index contributed by atoms with van der Waals surface area (Å²) in [5.74, 6) is 0. The van der Waals surface area contributed by atoms with Crippen LogP contribution in [-0.2, 0) is 6.54 Å². The van der Waals surface area contributed by atoms with Crippen LogP contribution in [-0.4, -0.2) is 6.04 Å². The van der Waals surface area contributed by atoms with Crippen molar-refractivity contribution in [2.75, 3.05) is 0 Å². The van der Waals surface area contributed by atoms with Crippen LogP contribution in [0.2, 0.25) is 0 Å². The van der Waals surface area contributed by atoms with Crippen molar-refractivity contribution in [3.05, 3.63) is 46.5 Å². The highest BCUT2D eigenvalue weighted by Crippen LogP contribution is 2.29. The zero-order valence-electron chi connectivity index (χ0n) is 9.98. The Kier molecular flexibility index (Phi) is 4.54. The molecule has 0 fully saturated rings. The average molecular weight is 263 g/mol. The Hall–Kier alpha value is -0.900. The van der Waals surface area contributed by atoms with Gasteiger partial charge in [-0.05, 0) is 36.2 Å². The molecule has 1 nitrogen and oxygen atoms in total. The van der Waals surface area contributed by atoms with Gasteiger partial charge >= 0.3 is 0 Å². The number of hydrogen-bond donors (Lipinski definition) is 1. The van der Waals surface area contributed by atoms with E-state index in [9.17, 15) is 0 Å². The van der Waals surface area contributed by atoms with Crippen molar-refractivity contribution in [2.24, 2.45) is 0 Å². The number of nitrogens with one attached hydrogen (secondary N) is 1. The second-order valence-electron chi connectivity index (χ2n) is 4.09. The highest BCUT2D eigenvalue weighted by molar-refractivity contribution is 7.14. The first-order valence-electron chi connectivity index (χ1n) is 5.75. The summed E-state index contributed by atoms with van der Waals surface area (Å²) in [6.07, 6.45) is 2.98. The fraction of sp³-hybridized carbons (Fsp3) is 0.286. The Morgan fingerprint density at radius 3 is 3.06 bits per heavy atom. The molecule has 0 saturated heterocycles. The minimum atomic E-state index is 0.500. The summed E-state index contributed by atoms with van der Waals surface area (Å²) in [4.78, 5) is 2.75. The van der Waals surface area contributed by atoms with Crippen LogP contribution in [0.1, 0.15) is 18.2 Å². The standard InChI is InChI=1S/C14H17NS2/c1-3-5-11(2)15-9-13-8-12(10-17-13)14-6-4-7-16-14/h3-4,6-8,10-11,15H,1,5,9H2,2H3. The Morgan fingerprint density at radius 2 is 2.35 bits per heavy atom. The molecule has 0 amide bonds. The molecule has 2 aromatic heterocycles. The zero-order valence-corrected chi connectivity index (χ0v) is 11.6. The van der Waals surface area contributed by atoms with E-state index in [0.29, 0.717) is 6.04 Å². The van der Waals surface area contributed by atoms with Crippen molar-refractivity contribution < 1.29 is 0 Å². The topological polar surface area (TPSA) is 12.0 Å². The first-order valence-corrected chi connectivity index (χ1v) is 7.51. The zero-order chi connectivity index (χ0) is 12.1. The van der Waals surface area contributed by atoms with Gasteiger partial charge in [-0.2, -0.15) is 0 Å². The molecule has 1 N–H and O–H groups in total. The van der Waals surface area contributed by atoms with Gasteiger partial charge in [0.05, 0.1) is 0 Å². The summed E-state index contributed by atoms with van der Waals surface area (Å²) in [6, 6.07) is 7.05. The third-order valence-electron chi connectivity index (χ3n) is 2.60. The first kappa shape index (κ1) is 12.6. The van der Waals surface area contributed by atoms with Gasteiger partial charge in [0.2, 0.25) is 0 Å². The SMILES string of the molecule is C=CCC(C)NCc1cc(-c2cccs2)cs1. The third kappa shape index (κ3) is 3.53. The minimum Gasteiger partial charge on any atom is -0.309 e. The molecule has 0 aliphatic rings. The van der Waals surface area contributed by atoms with Crippen LogP contribution in [0.5, 0.6) is 0 Å². The van der Waals surface area contributed by atoms with Gasteiger partial charge < -0.3 is 5.32 Å². The van der Waals surface area contributed by atoms with E-state index in [1.165, 1.54) is 15.3 Å². The van der Waals surface area contributed by atoms with Crippen molar-refractivity contribution >= 4 is 22.7 Å². The highest BCUT2D eigenvalue weighted by Gasteiger charge is 2.04. The van der Waals surface area contributed by atoms with Gasteiger partial charge in [-0.25, -0.2) is 0 Å². The van der Waals surface area contributed by atoms with Gasteiger partial charge in [-0.1, -0.05) is 12.1 Å². The predicted molar refractivity (Wildman–Crippen MR) is 78.7 cm³/mol. The van der Waals surface area contributed by atoms with Gasteiger partial charge in [0, 0.05) is 27.9 Å². The average Bonchev–Trinajstić information content (AvgIpc) is 2.97. The Morgan fingerprint density at radius 1 is 1.47 bits per heavy atom. The van der Waals surface area contributed by atoms with E-state index in [2.05, 4.69) is 47.8 Å². The number of rotatable bonds is 6. The lowest BCUT2D eigenvalue weighted by Gasteiger charge is -2.09. The van der Waals surface area contributed by atoms with Crippen molar-refractivity contribution in [1.29, 1.82) is 0 Å². The van der Waals surface area contributed by atoms with Crippen LogP contribution < -0.4 is 5.32 Å². The molecule has 0 radical (unpaired) electrons. The fourth-order valence-electron chi connectivity index (χ4n) is 1.65. The van der Waals surface area contributed by atoms with Gasteiger partial charge in [0.1, 0.15) is 0 Å². The maximum atomic E-state index is 3.76. The van der Waals surface area contributed by atoms with E-state index >= 15 is 0 Å². The molecule has 90 valence electrons. The maximum absolute atomic E-state index is 3.76. The summed E-state index contributed by atoms with van der Waals surface area (Å²) in [6.45, 7) is 6.90. The lowest BCUT2D eigenvalue weighted by Crippen LogP contribution is -2.24. The quantitative estimate of drug-likeness (QED) is 0.755. The second kappa shape index (κ2) is 6.15. The molecule has 0 spiro atoms. The first-order chi connectivity index (χ1) is 8.29. The molecular weight excluding hydrogens is 246 g/mol. The minimum absolute atomic E-state index is 0.500. The molecule has 17 heavy (non-hydrogen) atoms. The molecule has 0 bridgehead atoms.